The number of aromatic nitrogens is 2. The molecule has 0 amide bonds. The van der Waals surface area contributed by atoms with Crippen LogP contribution in [0.5, 0.6) is 0 Å². The first kappa shape index (κ1) is 11.9. The van der Waals surface area contributed by atoms with Gasteiger partial charge in [-0.2, -0.15) is 0 Å². The van der Waals surface area contributed by atoms with Gasteiger partial charge in [-0.05, 0) is 36.8 Å². The Bertz CT molecular complexity index is 524. The average molecular weight is 262 g/mol. The maximum absolute atomic E-state index is 5.87. The van der Waals surface area contributed by atoms with Gasteiger partial charge in [0.2, 0.25) is 0 Å². The van der Waals surface area contributed by atoms with Crippen LogP contribution < -0.4 is 11.1 Å². The van der Waals surface area contributed by atoms with Crippen LogP contribution in [0.15, 0.2) is 17.8 Å². The zero-order valence-corrected chi connectivity index (χ0v) is 11.1. The van der Waals surface area contributed by atoms with Crippen molar-refractivity contribution in [3.05, 3.63) is 17.8 Å². The van der Waals surface area contributed by atoms with Gasteiger partial charge in [-0.3, -0.25) is 0 Å². The molecule has 2 unspecified atom stereocenters. The number of nitrogens with two attached hydrogens (primary N) is 1. The molecule has 0 spiro atoms. The summed E-state index contributed by atoms with van der Waals surface area (Å²) >= 11 is 1.65. The second kappa shape index (κ2) is 5.20. The smallest absolute Gasteiger partial charge is 0.138 e. The highest BCUT2D eigenvalue weighted by atomic mass is 32.1. The van der Waals surface area contributed by atoms with Crippen molar-refractivity contribution in [1.29, 1.82) is 0 Å². The molecule has 2 heterocycles. The zero-order valence-electron chi connectivity index (χ0n) is 10.3. The number of thiophene rings is 1. The Morgan fingerprint density at radius 1 is 1.33 bits per heavy atom. The van der Waals surface area contributed by atoms with Gasteiger partial charge >= 0.3 is 0 Å². The van der Waals surface area contributed by atoms with Gasteiger partial charge < -0.3 is 11.1 Å². The van der Waals surface area contributed by atoms with E-state index in [0.717, 1.165) is 22.6 Å². The van der Waals surface area contributed by atoms with Crippen LogP contribution in [0.1, 0.15) is 25.7 Å². The number of nitrogens with one attached hydrogen (secondary N) is 1. The van der Waals surface area contributed by atoms with Crippen LogP contribution in [0.3, 0.4) is 0 Å². The molecule has 1 saturated carbocycles. The minimum Gasteiger partial charge on any atom is -0.366 e. The molecule has 0 radical (unpaired) electrons. The molecule has 3 N–H and O–H groups in total. The quantitative estimate of drug-likeness (QED) is 0.892. The molecule has 2 atom stereocenters. The highest BCUT2D eigenvalue weighted by molar-refractivity contribution is 7.16. The Labute approximate surface area is 111 Å². The number of rotatable bonds is 3. The Kier molecular flexibility index (Phi) is 3.43. The summed E-state index contributed by atoms with van der Waals surface area (Å²) in [5.74, 6) is 1.54. The Hall–Kier alpha value is -1.20. The molecule has 5 heteroatoms. The summed E-state index contributed by atoms with van der Waals surface area (Å²) in [6.07, 6.45) is 6.65. The van der Waals surface area contributed by atoms with E-state index in [9.17, 15) is 0 Å². The van der Waals surface area contributed by atoms with E-state index in [-0.39, 0.29) is 0 Å². The number of anilines is 1. The summed E-state index contributed by atoms with van der Waals surface area (Å²) in [5.41, 5.74) is 5.87. The third-order valence-electron chi connectivity index (χ3n) is 3.80. The van der Waals surface area contributed by atoms with Crippen LogP contribution >= 0.6 is 11.3 Å². The monoisotopic (exact) mass is 262 g/mol. The standard InChI is InChI=1S/C13H18N4S/c14-7-9-3-1-2-4-11(9)17-12-10-5-6-18-13(10)16-8-15-12/h5-6,8-9,11H,1-4,7,14H2,(H,15,16,17). The molecule has 0 aromatic carbocycles. The molecule has 2 aromatic heterocycles. The van der Waals surface area contributed by atoms with E-state index >= 15 is 0 Å². The Morgan fingerprint density at radius 3 is 3.11 bits per heavy atom. The maximum Gasteiger partial charge on any atom is 0.138 e. The molecule has 0 bridgehead atoms. The van der Waals surface area contributed by atoms with Crippen molar-refractivity contribution in [3.63, 3.8) is 0 Å². The lowest BCUT2D eigenvalue weighted by molar-refractivity contribution is 0.332. The van der Waals surface area contributed by atoms with Crippen molar-refractivity contribution in [1.82, 2.24) is 9.97 Å². The van der Waals surface area contributed by atoms with Crippen molar-refractivity contribution < 1.29 is 0 Å². The van der Waals surface area contributed by atoms with Crippen LogP contribution in [0.25, 0.3) is 10.2 Å². The largest absolute Gasteiger partial charge is 0.366 e. The average Bonchev–Trinajstić information content (AvgIpc) is 2.89. The van der Waals surface area contributed by atoms with Crippen LogP contribution in [0.4, 0.5) is 5.82 Å². The van der Waals surface area contributed by atoms with Crippen molar-refractivity contribution >= 4 is 27.4 Å². The molecular formula is C13H18N4S. The number of hydrogen-bond donors (Lipinski definition) is 2. The fourth-order valence-corrected chi connectivity index (χ4v) is 3.49. The predicted molar refractivity (Wildman–Crippen MR) is 75.8 cm³/mol. The van der Waals surface area contributed by atoms with Crippen LogP contribution in [-0.4, -0.2) is 22.6 Å². The first-order chi connectivity index (χ1) is 8.88. The normalized spacial score (nSPS) is 24.3. The van der Waals surface area contributed by atoms with E-state index in [1.54, 1.807) is 17.7 Å². The Balaban J connectivity index is 1.84. The van der Waals surface area contributed by atoms with Gasteiger partial charge in [0.05, 0.1) is 5.39 Å². The highest BCUT2D eigenvalue weighted by Gasteiger charge is 2.24. The van der Waals surface area contributed by atoms with E-state index in [4.69, 9.17) is 5.73 Å². The third-order valence-corrected chi connectivity index (χ3v) is 4.62. The number of hydrogen-bond acceptors (Lipinski definition) is 5. The van der Waals surface area contributed by atoms with Gasteiger partial charge in [0.1, 0.15) is 17.0 Å². The van der Waals surface area contributed by atoms with Crippen molar-refractivity contribution in [3.8, 4) is 0 Å². The molecule has 3 rings (SSSR count). The van der Waals surface area contributed by atoms with Crippen LogP contribution in [-0.2, 0) is 0 Å². The minimum atomic E-state index is 0.460. The lowest BCUT2D eigenvalue weighted by Gasteiger charge is -2.31. The topological polar surface area (TPSA) is 63.8 Å². The van der Waals surface area contributed by atoms with E-state index in [0.29, 0.717) is 12.0 Å². The number of fused-ring (bicyclic) bond motifs is 1. The third kappa shape index (κ3) is 2.20. The van der Waals surface area contributed by atoms with Gasteiger partial charge in [-0.15, -0.1) is 11.3 Å². The van der Waals surface area contributed by atoms with E-state index < -0.39 is 0 Å². The molecule has 2 aromatic rings. The van der Waals surface area contributed by atoms with Crippen LogP contribution in [0, 0.1) is 5.92 Å². The number of nitrogens with zero attached hydrogens (tertiary/aromatic N) is 2. The maximum atomic E-state index is 5.87. The lowest BCUT2D eigenvalue weighted by atomic mass is 9.84. The summed E-state index contributed by atoms with van der Waals surface area (Å²) in [6.45, 7) is 0.759. The molecule has 0 aliphatic heterocycles. The second-order valence-corrected chi connectivity index (χ2v) is 5.79. The molecule has 96 valence electrons. The lowest BCUT2D eigenvalue weighted by Crippen LogP contribution is -2.37. The predicted octanol–water partition coefficient (Wildman–Crippen LogP) is 2.62. The van der Waals surface area contributed by atoms with Gasteiger partial charge in [-0.1, -0.05) is 12.8 Å². The van der Waals surface area contributed by atoms with Gasteiger partial charge in [0.15, 0.2) is 0 Å². The molecule has 1 aliphatic rings. The van der Waals surface area contributed by atoms with E-state index in [1.165, 1.54) is 25.7 Å². The molecule has 4 nitrogen and oxygen atoms in total. The molecule has 1 aliphatic carbocycles. The first-order valence-corrected chi connectivity index (χ1v) is 7.41. The van der Waals surface area contributed by atoms with E-state index in [2.05, 4.69) is 26.7 Å². The fraction of sp³-hybridized carbons (Fsp3) is 0.538. The molecule has 0 saturated heterocycles. The summed E-state index contributed by atoms with van der Waals surface area (Å²) in [6, 6.07) is 2.55. The van der Waals surface area contributed by atoms with Crippen molar-refractivity contribution in [2.45, 2.75) is 31.7 Å². The van der Waals surface area contributed by atoms with E-state index in [1.807, 2.05) is 0 Å². The summed E-state index contributed by atoms with van der Waals surface area (Å²) in [7, 11) is 0. The summed E-state index contributed by atoms with van der Waals surface area (Å²) in [5, 5.41) is 6.78. The van der Waals surface area contributed by atoms with Gasteiger partial charge in [0.25, 0.3) is 0 Å². The molecular weight excluding hydrogens is 244 g/mol. The first-order valence-electron chi connectivity index (χ1n) is 6.53. The van der Waals surface area contributed by atoms with Gasteiger partial charge in [-0.25, -0.2) is 9.97 Å². The second-order valence-electron chi connectivity index (χ2n) is 4.89. The Morgan fingerprint density at radius 2 is 2.22 bits per heavy atom. The SMILES string of the molecule is NCC1CCCCC1Nc1ncnc2sccc12. The van der Waals surface area contributed by atoms with Crippen molar-refractivity contribution in [2.24, 2.45) is 11.7 Å². The fourth-order valence-electron chi connectivity index (χ4n) is 2.76. The molecule has 1 fully saturated rings. The molecule has 18 heavy (non-hydrogen) atoms. The summed E-state index contributed by atoms with van der Waals surface area (Å²) in [4.78, 5) is 9.71. The highest BCUT2D eigenvalue weighted by Crippen LogP contribution is 2.29. The van der Waals surface area contributed by atoms with Crippen molar-refractivity contribution in [2.75, 3.05) is 11.9 Å². The van der Waals surface area contributed by atoms with Gasteiger partial charge in [0, 0.05) is 6.04 Å². The van der Waals surface area contributed by atoms with Crippen LogP contribution in [0.2, 0.25) is 0 Å². The minimum absolute atomic E-state index is 0.460. The summed E-state index contributed by atoms with van der Waals surface area (Å²) < 4.78 is 0. The zero-order chi connectivity index (χ0) is 12.4.